The molecule has 0 saturated carbocycles. The second kappa shape index (κ2) is 4.27. The number of nitrogens with zero attached hydrogens (tertiary/aromatic N) is 2. The number of nitrogens with one attached hydrogen (secondary N) is 1. The Morgan fingerprint density at radius 1 is 1.33 bits per heavy atom. The second-order valence-corrected chi connectivity index (χ2v) is 4.40. The number of hydrogen-bond acceptors (Lipinski definition) is 3. The number of fused-ring (bicyclic) bond motifs is 1. The van der Waals surface area contributed by atoms with Crippen LogP contribution in [0, 0.1) is 0 Å². The summed E-state index contributed by atoms with van der Waals surface area (Å²) in [7, 11) is 0. The maximum Gasteiger partial charge on any atom is 0.335 e. The molecule has 0 spiro atoms. The Morgan fingerprint density at radius 3 is 2.78 bits per heavy atom. The van der Waals surface area contributed by atoms with Gasteiger partial charge in [0.15, 0.2) is 0 Å². The first-order valence-corrected chi connectivity index (χ1v) is 5.80. The molecule has 0 saturated heterocycles. The van der Waals surface area contributed by atoms with Crippen molar-refractivity contribution in [1.29, 1.82) is 0 Å². The molecule has 3 rings (SSSR count). The van der Waals surface area contributed by atoms with Crippen molar-refractivity contribution >= 4 is 5.97 Å². The van der Waals surface area contributed by atoms with Crippen LogP contribution in [0.1, 0.15) is 27.2 Å². The number of aromatic nitrogens is 2. The monoisotopic (exact) mass is 243 g/mol. The Bertz CT molecular complexity index is 565. The van der Waals surface area contributed by atoms with Gasteiger partial charge in [0.1, 0.15) is 0 Å². The highest BCUT2D eigenvalue weighted by Crippen LogP contribution is 2.14. The maximum absolute atomic E-state index is 10.7. The van der Waals surface area contributed by atoms with Crippen molar-refractivity contribution in [3.05, 3.63) is 52.8 Å². The van der Waals surface area contributed by atoms with E-state index < -0.39 is 5.97 Å². The lowest BCUT2D eigenvalue weighted by molar-refractivity contribution is 0.0697. The maximum atomic E-state index is 10.7. The third kappa shape index (κ3) is 2.00. The molecule has 1 aromatic carbocycles. The number of carboxylic acid groups (broad SMARTS) is 1. The van der Waals surface area contributed by atoms with E-state index in [-0.39, 0.29) is 0 Å². The SMILES string of the molecule is O=C(O)c1ccc(Cn2cc3c(n2)CNC3)cc1. The third-order valence-corrected chi connectivity index (χ3v) is 3.08. The van der Waals surface area contributed by atoms with Gasteiger partial charge in [0.05, 0.1) is 17.8 Å². The summed E-state index contributed by atoms with van der Waals surface area (Å²) in [6.45, 7) is 2.39. The average Bonchev–Trinajstić information content (AvgIpc) is 2.90. The van der Waals surface area contributed by atoms with Crippen molar-refractivity contribution in [2.75, 3.05) is 0 Å². The standard InChI is InChI=1S/C13H13N3O2/c17-13(18)10-3-1-9(2-4-10)7-16-8-11-5-14-6-12(11)15-16/h1-4,8,14H,5-7H2,(H,17,18). The molecule has 2 aromatic rings. The number of carboxylic acids is 1. The molecule has 5 nitrogen and oxygen atoms in total. The van der Waals surface area contributed by atoms with Crippen molar-refractivity contribution in [1.82, 2.24) is 15.1 Å². The molecule has 1 aromatic heterocycles. The van der Waals surface area contributed by atoms with Gasteiger partial charge < -0.3 is 10.4 Å². The summed E-state index contributed by atoms with van der Waals surface area (Å²) in [6, 6.07) is 6.90. The highest BCUT2D eigenvalue weighted by Gasteiger charge is 2.14. The van der Waals surface area contributed by atoms with Crippen LogP contribution in [0.3, 0.4) is 0 Å². The molecule has 2 N–H and O–H groups in total. The van der Waals surface area contributed by atoms with Gasteiger partial charge in [-0.1, -0.05) is 12.1 Å². The average molecular weight is 243 g/mol. The summed E-state index contributed by atoms with van der Waals surface area (Å²) in [6.07, 6.45) is 2.04. The zero-order valence-corrected chi connectivity index (χ0v) is 9.76. The Morgan fingerprint density at radius 2 is 2.11 bits per heavy atom. The van der Waals surface area contributed by atoms with E-state index >= 15 is 0 Å². The number of aromatic carboxylic acids is 1. The molecule has 0 unspecified atom stereocenters. The van der Waals surface area contributed by atoms with E-state index in [2.05, 4.69) is 10.4 Å². The molecular weight excluding hydrogens is 230 g/mol. The van der Waals surface area contributed by atoms with Gasteiger partial charge in [0.2, 0.25) is 0 Å². The summed E-state index contributed by atoms with van der Waals surface area (Å²) in [5.41, 5.74) is 3.72. The molecule has 92 valence electrons. The van der Waals surface area contributed by atoms with Crippen molar-refractivity contribution < 1.29 is 9.90 Å². The van der Waals surface area contributed by atoms with Gasteiger partial charge in [0.25, 0.3) is 0 Å². The first-order chi connectivity index (χ1) is 8.72. The van der Waals surface area contributed by atoms with Gasteiger partial charge in [-0.05, 0) is 17.7 Å². The molecule has 0 bridgehead atoms. The van der Waals surface area contributed by atoms with Crippen molar-refractivity contribution in [2.24, 2.45) is 0 Å². The Kier molecular flexibility index (Phi) is 2.60. The second-order valence-electron chi connectivity index (χ2n) is 4.40. The van der Waals surface area contributed by atoms with Crippen molar-refractivity contribution in [3.8, 4) is 0 Å². The fourth-order valence-corrected chi connectivity index (χ4v) is 2.14. The quantitative estimate of drug-likeness (QED) is 0.851. The Balaban J connectivity index is 1.77. The third-order valence-electron chi connectivity index (χ3n) is 3.08. The minimum absolute atomic E-state index is 0.311. The first kappa shape index (κ1) is 11.0. The number of benzene rings is 1. The lowest BCUT2D eigenvalue weighted by atomic mass is 10.1. The summed E-state index contributed by atoms with van der Waals surface area (Å²) in [5.74, 6) is -0.898. The first-order valence-electron chi connectivity index (χ1n) is 5.80. The van der Waals surface area contributed by atoms with Crippen LogP contribution in [-0.4, -0.2) is 20.9 Å². The van der Waals surface area contributed by atoms with Gasteiger partial charge in [-0.3, -0.25) is 4.68 Å². The summed E-state index contributed by atoms with van der Waals surface area (Å²) in [4.78, 5) is 10.7. The van der Waals surface area contributed by atoms with Crippen molar-refractivity contribution in [2.45, 2.75) is 19.6 Å². The topological polar surface area (TPSA) is 67.1 Å². The summed E-state index contributed by atoms with van der Waals surface area (Å²) in [5, 5.41) is 16.5. The molecule has 1 aliphatic rings. The largest absolute Gasteiger partial charge is 0.478 e. The lowest BCUT2D eigenvalue weighted by Gasteiger charge is -2.03. The van der Waals surface area contributed by atoms with E-state index in [1.165, 1.54) is 5.56 Å². The van der Waals surface area contributed by atoms with Crippen LogP contribution in [0.15, 0.2) is 30.5 Å². The van der Waals surface area contributed by atoms with Crippen molar-refractivity contribution in [3.63, 3.8) is 0 Å². The fraction of sp³-hybridized carbons (Fsp3) is 0.231. The Hall–Kier alpha value is -2.14. The molecule has 0 atom stereocenters. The van der Waals surface area contributed by atoms with Gasteiger partial charge >= 0.3 is 5.97 Å². The molecule has 5 heteroatoms. The van der Waals surface area contributed by atoms with Crippen LogP contribution in [-0.2, 0) is 19.6 Å². The van der Waals surface area contributed by atoms with Crippen LogP contribution >= 0.6 is 0 Å². The normalized spacial score (nSPS) is 13.6. The fourth-order valence-electron chi connectivity index (χ4n) is 2.14. The Labute approximate surface area is 104 Å². The molecule has 2 heterocycles. The minimum Gasteiger partial charge on any atom is -0.478 e. The number of carbonyl (C=O) groups is 1. The lowest BCUT2D eigenvalue weighted by Crippen LogP contribution is -2.07. The van der Waals surface area contributed by atoms with Crippen LogP contribution in [0.25, 0.3) is 0 Å². The van der Waals surface area contributed by atoms with Crippen LogP contribution in [0.2, 0.25) is 0 Å². The highest BCUT2D eigenvalue weighted by atomic mass is 16.4. The zero-order valence-electron chi connectivity index (χ0n) is 9.76. The van der Waals surface area contributed by atoms with Crippen LogP contribution in [0.4, 0.5) is 0 Å². The van der Waals surface area contributed by atoms with E-state index in [9.17, 15) is 4.79 Å². The van der Waals surface area contributed by atoms with E-state index in [1.54, 1.807) is 12.1 Å². The number of rotatable bonds is 3. The van der Waals surface area contributed by atoms with Gasteiger partial charge in [-0.25, -0.2) is 4.79 Å². The van der Waals surface area contributed by atoms with E-state index in [1.807, 2.05) is 23.0 Å². The van der Waals surface area contributed by atoms with Gasteiger partial charge in [-0.15, -0.1) is 0 Å². The van der Waals surface area contributed by atoms with E-state index in [0.717, 1.165) is 24.3 Å². The van der Waals surface area contributed by atoms with Crippen LogP contribution in [0.5, 0.6) is 0 Å². The predicted octanol–water partition coefficient (Wildman–Crippen LogP) is 1.23. The number of hydrogen-bond donors (Lipinski definition) is 2. The zero-order chi connectivity index (χ0) is 12.5. The molecular formula is C13H13N3O2. The van der Waals surface area contributed by atoms with Gasteiger partial charge in [-0.2, -0.15) is 5.10 Å². The molecule has 0 amide bonds. The highest BCUT2D eigenvalue weighted by molar-refractivity contribution is 5.87. The minimum atomic E-state index is -0.898. The molecule has 0 fully saturated rings. The van der Waals surface area contributed by atoms with E-state index in [0.29, 0.717) is 12.1 Å². The van der Waals surface area contributed by atoms with Gasteiger partial charge in [0, 0.05) is 24.8 Å². The van der Waals surface area contributed by atoms with Crippen LogP contribution < -0.4 is 5.32 Å². The summed E-state index contributed by atoms with van der Waals surface area (Å²) >= 11 is 0. The summed E-state index contributed by atoms with van der Waals surface area (Å²) < 4.78 is 1.90. The predicted molar refractivity (Wildman–Crippen MR) is 65.3 cm³/mol. The smallest absolute Gasteiger partial charge is 0.335 e. The molecule has 0 aliphatic carbocycles. The molecule has 1 aliphatic heterocycles. The molecule has 0 radical (unpaired) electrons. The van der Waals surface area contributed by atoms with E-state index in [4.69, 9.17) is 5.11 Å². The molecule has 18 heavy (non-hydrogen) atoms.